The summed E-state index contributed by atoms with van der Waals surface area (Å²) in [6, 6.07) is 16.1. The molecule has 0 aliphatic carbocycles. The van der Waals surface area contributed by atoms with Gasteiger partial charge in [-0.2, -0.15) is 5.10 Å². The Morgan fingerprint density at radius 1 is 0.947 bits per heavy atom. The first-order valence-corrected chi connectivity index (χ1v) is 6.15. The number of anilines is 1. The van der Waals surface area contributed by atoms with Gasteiger partial charge in [-0.3, -0.25) is 10.1 Å². The van der Waals surface area contributed by atoms with Crippen molar-refractivity contribution in [2.45, 2.75) is 6.54 Å². The molecular formula is C15H14N4. The van der Waals surface area contributed by atoms with E-state index in [0.717, 1.165) is 29.2 Å². The molecule has 0 bridgehead atoms. The molecule has 3 rings (SSSR count). The molecule has 3 aromatic rings. The van der Waals surface area contributed by atoms with E-state index in [1.54, 1.807) is 12.4 Å². The van der Waals surface area contributed by atoms with Gasteiger partial charge in [0, 0.05) is 18.1 Å². The Morgan fingerprint density at radius 2 is 1.84 bits per heavy atom. The largest absolute Gasteiger partial charge is 0.379 e. The molecule has 0 amide bonds. The molecule has 0 spiro atoms. The average Bonchev–Trinajstić information content (AvgIpc) is 3.01. The number of H-pyrrole nitrogens is 1. The second-order valence-electron chi connectivity index (χ2n) is 4.22. The molecule has 0 atom stereocenters. The van der Waals surface area contributed by atoms with E-state index in [-0.39, 0.29) is 0 Å². The number of hydrogen-bond donors (Lipinski definition) is 2. The van der Waals surface area contributed by atoms with Crippen molar-refractivity contribution in [3.05, 3.63) is 66.6 Å². The first-order chi connectivity index (χ1) is 9.42. The van der Waals surface area contributed by atoms with Gasteiger partial charge in [0.1, 0.15) is 0 Å². The summed E-state index contributed by atoms with van der Waals surface area (Å²) >= 11 is 0. The number of benzene rings is 1. The van der Waals surface area contributed by atoms with Crippen LogP contribution in [0.3, 0.4) is 0 Å². The van der Waals surface area contributed by atoms with Crippen LogP contribution in [-0.4, -0.2) is 15.2 Å². The van der Waals surface area contributed by atoms with E-state index >= 15 is 0 Å². The normalized spacial score (nSPS) is 10.3. The van der Waals surface area contributed by atoms with Crippen molar-refractivity contribution in [3.8, 4) is 11.3 Å². The van der Waals surface area contributed by atoms with E-state index in [4.69, 9.17) is 0 Å². The maximum absolute atomic E-state index is 4.28. The Labute approximate surface area is 111 Å². The molecule has 94 valence electrons. The highest BCUT2D eigenvalue weighted by molar-refractivity contribution is 5.62. The molecule has 19 heavy (non-hydrogen) atoms. The van der Waals surface area contributed by atoms with E-state index in [0.29, 0.717) is 0 Å². The summed E-state index contributed by atoms with van der Waals surface area (Å²) in [6.07, 6.45) is 3.56. The van der Waals surface area contributed by atoms with Gasteiger partial charge in [0.05, 0.1) is 17.9 Å². The van der Waals surface area contributed by atoms with E-state index in [2.05, 4.69) is 44.8 Å². The number of pyridine rings is 1. The van der Waals surface area contributed by atoms with Crippen molar-refractivity contribution in [3.63, 3.8) is 0 Å². The lowest BCUT2D eigenvalue weighted by atomic mass is 10.1. The Balaban J connectivity index is 1.67. The summed E-state index contributed by atoms with van der Waals surface area (Å²) in [6.45, 7) is 0.726. The van der Waals surface area contributed by atoms with Crippen molar-refractivity contribution < 1.29 is 0 Å². The van der Waals surface area contributed by atoms with Gasteiger partial charge in [-0.15, -0.1) is 0 Å². The molecule has 0 saturated carbocycles. The van der Waals surface area contributed by atoms with Gasteiger partial charge in [-0.1, -0.05) is 18.2 Å². The van der Waals surface area contributed by atoms with Crippen LogP contribution in [0.15, 0.2) is 60.9 Å². The molecule has 0 aliphatic heterocycles. The highest BCUT2D eigenvalue weighted by Crippen LogP contribution is 2.19. The van der Waals surface area contributed by atoms with Crippen LogP contribution < -0.4 is 5.32 Å². The predicted octanol–water partition coefficient (Wildman–Crippen LogP) is 3.08. The lowest BCUT2D eigenvalue weighted by molar-refractivity contribution is 1.05. The zero-order valence-corrected chi connectivity index (χ0v) is 10.4. The van der Waals surface area contributed by atoms with Crippen LogP contribution in [-0.2, 0) is 6.54 Å². The van der Waals surface area contributed by atoms with Gasteiger partial charge in [0.15, 0.2) is 0 Å². The highest BCUT2D eigenvalue weighted by Gasteiger charge is 1.99. The van der Waals surface area contributed by atoms with Crippen LogP contribution in [0.1, 0.15) is 5.69 Å². The van der Waals surface area contributed by atoms with Crippen LogP contribution in [0.5, 0.6) is 0 Å². The quantitative estimate of drug-likeness (QED) is 0.748. The summed E-state index contributed by atoms with van der Waals surface area (Å²) in [5.41, 5.74) is 4.26. The average molecular weight is 250 g/mol. The summed E-state index contributed by atoms with van der Waals surface area (Å²) in [5, 5.41) is 10.2. The molecule has 0 unspecified atom stereocenters. The Bertz CT molecular complexity index is 615. The van der Waals surface area contributed by atoms with E-state index in [1.165, 1.54) is 0 Å². The minimum Gasteiger partial charge on any atom is -0.379 e. The fraction of sp³-hybridized carbons (Fsp3) is 0.0667. The number of nitrogens with zero attached hydrogens (tertiary/aromatic N) is 2. The van der Waals surface area contributed by atoms with Crippen LogP contribution in [0, 0.1) is 0 Å². The van der Waals surface area contributed by atoms with E-state index in [9.17, 15) is 0 Å². The lowest BCUT2D eigenvalue weighted by Gasteiger charge is -2.06. The molecule has 0 saturated heterocycles. The molecule has 0 aliphatic rings. The predicted molar refractivity (Wildman–Crippen MR) is 75.6 cm³/mol. The lowest BCUT2D eigenvalue weighted by Crippen LogP contribution is -2.00. The Morgan fingerprint density at radius 3 is 2.53 bits per heavy atom. The Kier molecular flexibility index (Phi) is 3.23. The molecule has 2 heterocycles. The topological polar surface area (TPSA) is 53.6 Å². The molecule has 4 nitrogen and oxygen atoms in total. The van der Waals surface area contributed by atoms with Crippen LogP contribution in [0.25, 0.3) is 11.3 Å². The smallest absolute Gasteiger partial charge is 0.0650 e. The van der Waals surface area contributed by atoms with Crippen LogP contribution in [0.4, 0.5) is 5.69 Å². The maximum atomic E-state index is 4.28. The molecule has 2 N–H and O–H groups in total. The molecular weight excluding hydrogens is 236 g/mol. The van der Waals surface area contributed by atoms with E-state index in [1.807, 2.05) is 24.3 Å². The third kappa shape index (κ3) is 2.80. The number of aromatic nitrogens is 3. The fourth-order valence-electron chi connectivity index (χ4n) is 1.88. The van der Waals surface area contributed by atoms with Crippen molar-refractivity contribution in [1.82, 2.24) is 15.2 Å². The number of aromatic amines is 1. The second kappa shape index (κ2) is 5.35. The summed E-state index contributed by atoms with van der Waals surface area (Å²) in [5.74, 6) is 0. The monoisotopic (exact) mass is 250 g/mol. The highest BCUT2D eigenvalue weighted by atomic mass is 15.1. The summed E-state index contributed by atoms with van der Waals surface area (Å²) in [7, 11) is 0. The number of nitrogens with one attached hydrogen (secondary N) is 2. The third-order valence-electron chi connectivity index (χ3n) is 2.90. The van der Waals surface area contributed by atoms with Crippen LogP contribution in [0.2, 0.25) is 0 Å². The first-order valence-electron chi connectivity index (χ1n) is 6.15. The van der Waals surface area contributed by atoms with Crippen molar-refractivity contribution in [1.29, 1.82) is 0 Å². The summed E-state index contributed by atoms with van der Waals surface area (Å²) in [4.78, 5) is 4.28. The standard InChI is InChI=1S/C15H14N4/c1-2-9-16-14(3-1)11-17-13-6-4-12(5-7-13)15-8-10-18-19-15/h1-10,17H,11H2,(H,18,19). The van der Waals surface area contributed by atoms with Gasteiger partial charge in [-0.25, -0.2) is 0 Å². The Hall–Kier alpha value is -2.62. The third-order valence-corrected chi connectivity index (χ3v) is 2.90. The molecule has 1 aromatic carbocycles. The van der Waals surface area contributed by atoms with Gasteiger partial charge < -0.3 is 5.32 Å². The zero-order valence-electron chi connectivity index (χ0n) is 10.4. The van der Waals surface area contributed by atoms with Crippen molar-refractivity contribution in [2.24, 2.45) is 0 Å². The van der Waals surface area contributed by atoms with Gasteiger partial charge in [0.2, 0.25) is 0 Å². The summed E-state index contributed by atoms with van der Waals surface area (Å²) < 4.78 is 0. The molecule has 0 fully saturated rings. The molecule has 0 radical (unpaired) electrons. The van der Waals surface area contributed by atoms with Gasteiger partial charge in [-0.05, 0) is 35.9 Å². The SMILES string of the molecule is c1ccc(CNc2ccc(-c3ccn[nH]3)cc2)nc1. The van der Waals surface area contributed by atoms with E-state index < -0.39 is 0 Å². The second-order valence-corrected chi connectivity index (χ2v) is 4.22. The number of rotatable bonds is 4. The van der Waals surface area contributed by atoms with Crippen molar-refractivity contribution in [2.75, 3.05) is 5.32 Å². The molecule has 2 aromatic heterocycles. The van der Waals surface area contributed by atoms with Crippen LogP contribution >= 0.6 is 0 Å². The maximum Gasteiger partial charge on any atom is 0.0650 e. The minimum absolute atomic E-state index is 0.726. The molecule has 4 heteroatoms. The van der Waals surface area contributed by atoms with Gasteiger partial charge >= 0.3 is 0 Å². The van der Waals surface area contributed by atoms with Gasteiger partial charge in [0.25, 0.3) is 0 Å². The zero-order chi connectivity index (χ0) is 12.9. The van der Waals surface area contributed by atoms with Crippen molar-refractivity contribution >= 4 is 5.69 Å². The fourth-order valence-corrected chi connectivity index (χ4v) is 1.88. The number of hydrogen-bond acceptors (Lipinski definition) is 3. The minimum atomic E-state index is 0.726. The first kappa shape index (κ1) is 11.5.